The van der Waals surface area contributed by atoms with Gasteiger partial charge in [-0.2, -0.15) is 0 Å². The van der Waals surface area contributed by atoms with E-state index in [1.165, 1.54) is 12.3 Å². The number of hydrogen-bond acceptors (Lipinski definition) is 5. The van der Waals surface area contributed by atoms with Crippen molar-refractivity contribution in [2.45, 2.75) is 6.54 Å². The highest BCUT2D eigenvalue weighted by Crippen LogP contribution is 2.35. The normalized spacial score (nSPS) is 14.1. The quantitative estimate of drug-likeness (QED) is 0.688. The number of nitrogens with one attached hydrogen (secondary N) is 1. The lowest BCUT2D eigenvalue weighted by Gasteiger charge is -2.09. The Balaban J connectivity index is 1.84. The highest BCUT2D eigenvalue weighted by atomic mass is 79.9. The summed E-state index contributed by atoms with van der Waals surface area (Å²) in [6.45, 7) is 0.000838. The minimum absolute atomic E-state index is 0.000838. The third-order valence-electron chi connectivity index (χ3n) is 4.01. The minimum atomic E-state index is -0.714. The average molecular weight is 414 g/mol. The van der Waals surface area contributed by atoms with Gasteiger partial charge >= 0.3 is 5.69 Å². The van der Waals surface area contributed by atoms with Crippen LogP contribution in [0.25, 0.3) is 11.6 Å². The van der Waals surface area contributed by atoms with E-state index < -0.39 is 17.1 Å². The van der Waals surface area contributed by atoms with E-state index in [1.807, 2.05) is 18.2 Å². The Morgan fingerprint density at radius 3 is 2.92 bits per heavy atom. The Hall–Kier alpha value is -3.13. The van der Waals surface area contributed by atoms with Gasteiger partial charge < -0.3 is 9.52 Å². The first-order chi connectivity index (χ1) is 12.5. The van der Waals surface area contributed by atoms with Gasteiger partial charge in [0.25, 0.3) is 5.56 Å². The molecule has 0 amide bonds. The van der Waals surface area contributed by atoms with Crippen molar-refractivity contribution in [1.82, 2.24) is 9.55 Å². The molecular formula is C18H12BrN3O4. The SMILES string of the molecule is O=c1[nH]c(=O)n(Cc2ccco2)c(O)c1/C=C1\C=Nc2ccc(Br)cc21. The van der Waals surface area contributed by atoms with Gasteiger partial charge in [0.15, 0.2) is 0 Å². The largest absolute Gasteiger partial charge is 0.494 e. The zero-order valence-corrected chi connectivity index (χ0v) is 14.9. The number of benzene rings is 1. The van der Waals surface area contributed by atoms with Gasteiger partial charge in [-0.05, 0) is 36.4 Å². The lowest BCUT2D eigenvalue weighted by atomic mass is 10.1. The Morgan fingerprint density at radius 1 is 1.31 bits per heavy atom. The third kappa shape index (κ3) is 2.84. The summed E-state index contributed by atoms with van der Waals surface area (Å²) in [7, 11) is 0. The predicted molar refractivity (Wildman–Crippen MR) is 101 cm³/mol. The van der Waals surface area contributed by atoms with E-state index in [2.05, 4.69) is 25.9 Å². The van der Waals surface area contributed by atoms with E-state index in [0.29, 0.717) is 11.3 Å². The first-order valence-electron chi connectivity index (χ1n) is 7.67. The van der Waals surface area contributed by atoms with Crippen LogP contribution in [0.1, 0.15) is 16.9 Å². The molecule has 0 fully saturated rings. The number of fused-ring (bicyclic) bond motifs is 1. The topological polar surface area (TPSA) is 101 Å². The van der Waals surface area contributed by atoms with Crippen LogP contribution in [0.2, 0.25) is 0 Å². The van der Waals surface area contributed by atoms with E-state index in [4.69, 9.17) is 4.42 Å². The van der Waals surface area contributed by atoms with E-state index in [-0.39, 0.29) is 12.1 Å². The first kappa shape index (κ1) is 16.3. The Labute approximate surface area is 155 Å². The molecule has 0 aliphatic carbocycles. The number of hydrogen-bond donors (Lipinski definition) is 2. The van der Waals surface area contributed by atoms with Crippen molar-refractivity contribution in [3.05, 3.63) is 78.8 Å². The van der Waals surface area contributed by atoms with E-state index in [9.17, 15) is 14.7 Å². The maximum Gasteiger partial charge on any atom is 0.331 e. The van der Waals surface area contributed by atoms with Gasteiger partial charge in [-0.3, -0.25) is 19.3 Å². The number of allylic oxidation sites excluding steroid dienone is 1. The van der Waals surface area contributed by atoms with Gasteiger partial charge in [0, 0.05) is 21.8 Å². The van der Waals surface area contributed by atoms with E-state index >= 15 is 0 Å². The van der Waals surface area contributed by atoms with Crippen LogP contribution in [0.5, 0.6) is 5.88 Å². The maximum atomic E-state index is 12.2. The molecule has 0 radical (unpaired) electrons. The van der Waals surface area contributed by atoms with Crippen LogP contribution < -0.4 is 11.2 Å². The molecule has 7 nitrogen and oxygen atoms in total. The molecule has 0 atom stereocenters. The molecule has 3 aromatic rings. The van der Waals surface area contributed by atoms with Crippen LogP contribution in [0.3, 0.4) is 0 Å². The Morgan fingerprint density at radius 2 is 2.15 bits per heavy atom. The zero-order chi connectivity index (χ0) is 18.3. The molecule has 26 heavy (non-hydrogen) atoms. The smallest absolute Gasteiger partial charge is 0.331 e. The highest BCUT2D eigenvalue weighted by Gasteiger charge is 2.17. The van der Waals surface area contributed by atoms with Crippen LogP contribution in [-0.2, 0) is 6.54 Å². The molecule has 0 spiro atoms. The van der Waals surface area contributed by atoms with Crippen molar-refractivity contribution in [3.63, 3.8) is 0 Å². The molecule has 8 heteroatoms. The van der Waals surface area contributed by atoms with Gasteiger partial charge in [0.2, 0.25) is 5.88 Å². The Bertz CT molecular complexity index is 1170. The average Bonchev–Trinajstić information content (AvgIpc) is 3.25. The highest BCUT2D eigenvalue weighted by molar-refractivity contribution is 9.10. The number of halogens is 1. The lowest BCUT2D eigenvalue weighted by Crippen LogP contribution is -2.31. The van der Waals surface area contributed by atoms with Crippen LogP contribution in [0.4, 0.5) is 5.69 Å². The molecule has 4 rings (SSSR count). The van der Waals surface area contributed by atoms with Crippen molar-refractivity contribution in [1.29, 1.82) is 0 Å². The van der Waals surface area contributed by atoms with Gasteiger partial charge in [-0.15, -0.1) is 0 Å². The predicted octanol–water partition coefficient (Wildman–Crippen LogP) is 2.90. The van der Waals surface area contributed by atoms with E-state index in [1.54, 1.807) is 18.3 Å². The van der Waals surface area contributed by atoms with Crippen LogP contribution in [0.15, 0.2) is 60.1 Å². The van der Waals surface area contributed by atoms with Gasteiger partial charge in [-0.1, -0.05) is 15.9 Å². The monoisotopic (exact) mass is 413 g/mol. The summed E-state index contributed by atoms with van der Waals surface area (Å²) in [5, 5.41) is 10.5. The first-order valence-corrected chi connectivity index (χ1v) is 8.46. The number of furan rings is 1. The van der Waals surface area contributed by atoms with Crippen LogP contribution in [0, 0.1) is 0 Å². The molecule has 2 aromatic heterocycles. The van der Waals surface area contributed by atoms with Crippen molar-refractivity contribution in [2.75, 3.05) is 0 Å². The van der Waals surface area contributed by atoms with Crippen LogP contribution in [-0.4, -0.2) is 20.9 Å². The number of aromatic nitrogens is 2. The minimum Gasteiger partial charge on any atom is -0.494 e. The summed E-state index contributed by atoms with van der Waals surface area (Å²) in [6.07, 6.45) is 4.59. The molecule has 0 saturated carbocycles. The van der Waals surface area contributed by atoms with Crippen molar-refractivity contribution in [2.24, 2.45) is 4.99 Å². The summed E-state index contributed by atoms with van der Waals surface area (Å²) >= 11 is 3.41. The zero-order valence-electron chi connectivity index (χ0n) is 13.3. The number of aromatic hydroxyl groups is 1. The fourth-order valence-electron chi connectivity index (χ4n) is 2.74. The molecule has 1 aliphatic rings. The summed E-state index contributed by atoms with van der Waals surface area (Å²) in [4.78, 5) is 30.8. The molecule has 2 N–H and O–H groups in total. The standard InChI is InChI=1S/C18H12BrN3O4/c19-11-3-4-15-13(7-11)10(8-20-15)6-14-16(23)21-18(25)22(17(14)24)9-12-2-1-5-26-12/h1-8,24H,9H2,(H,21,23,25)/b10-6+. The van der Waals surface area contributed by atoms with Gasteiger partial charge in [-0.25, -0.2) is 4.79 Å². The fourth-order valence-corrected chi connectivity index (χ4v) is 3.10. The van der Waals surface area contributed by atoms with E-state index in [0.717, 1.165) is 20.3 Å². The maximum absolute atomic E-state index is 12.2. The molecule has 0 saturated heterocycles. The number of aliphatic imine (C=N–C) groups is 1. The fraction of sp³-hybridized carbons (Fsp3) is 0.0556. The van der Waals surface area contributed by atoms with Crippen molar-refractivity contribution >= 4 is 39.5 Å². The number of H-pyrrole nitrogens is 1. The second-order valence-electron chi connectivity index (χ2n) is 5.68. The van der Waals surface area contributed by atoms with Gasteiger partial charge in [0.1, 0.15) is 11.3 Å². The van der Waals surface area contributed by atoms with Crippen molar-refractivity contribution in [3.8, 4) is 5.88 Å². The third-order valence-corrected chi connectivity index (χ3v) is 4.51. The second kappa shape index (κ2) is 6.30. The van der Waals surface area contributed by atoms with Gasteiger partial charge in [0.05, 0.1) is 18.5 Å². The molecule has 3 heterocycles. The summed E-state index contributed by atoms with van der Waals surface area (Å²) in [6, 6.07) is 8.94. The summed E-state index contributed by atoms with van der Waals surface area (Å²) < 4.78 is 7.12. The second-order valence-corrected chi connectivity index (χ2v) is 6.60. The lowest BCUT2D eigenvalue weighted by molar-refractivity contribution is 0.392. The Kier molecular flexibility index (Phi) is 3.96. The molecule has 1 aliphatic heterocycles. The molecule has 0 unspecified atom stereocenters. The number of aromatic amines is 1. The summed E-state index contributed by atoms with van der Waals surface area (Å²) in [5.41, 5.74) is 0.832. The molecule has 1 aromatic carbocycles. The molecule has 0 bridgehead atoms. The molecular weight excluding hydrogens is 402 g/mol. The number of nitrogens with zero attached hydrogens (tertiary/aromatic N) is 2. The van der Waals surface area contributed by atoms with Crippen LogP contribution >= 0.6 is 15.9 Å². The molecule has 130 valence electrons. The van der Waals surface area contributed by atoms with Crippen molar-refractivity contribution < 1.29 is 9.52 Å². The number of rotatable bonds is 3. The summed E-state index contributed by atoms with van der Waals surface area (Å²) in [5.74, 6) is 0.0456.